The van der Waals surface area contributed by atoms with Crippen molar-refractivity contribution in [1.82, 2.24) is 15.4 Å². The number of carbonyl (C=O) groups excluding carboxylic acids is 1. The van der Waals surface area contributed by atoms with Crippen LogP contribution < -0.4 is 15.6 Å². The summed E-state index contributed by atoms with van der Waals surface area (Å²) in [5.74, 6) is 0.565. The molecule has 0 atom stereocenters. The molecule has 1 heterocycles. The Hall–Kier alpha value is -2.11. The van der Waals surface area contributed by atoms with Crippen LogP contribution in [-0.4, -0.2) is 23.0 Å². The van der Waals surface area contributed by atoms with E-state index in [-0.39, 0.29) is 5.91 Å². The highest BCUT2D eigenvalue weighted by Gasteiger charge is 2.07. The Morgan fingerprint density at radius 1 is 1.37 bits per heavy atom. The number of allylic oxidation sites excluding steroid dienone is 1. The van der Waals surface area contributed by atoms with Crippen molar-refractivity contribution >= 4 is 11.9 Å². The van der Waals surface area contributed by atoms with Crippen molar-refractivity contribution in [2.45, 2.75) is 32.1 Å². The molecule has 0 radical (unpaired) electrons. The number of ether oxygens (including phenoxy) is 1. The second-order valence-corrected chi connectivity index (χ2v) is 4.40. The molecule has 2 rings (SSSR count). The van der Waals surface area contributed by atoms with Crippen molar-refractivity contribution in [3.05, 3.63) is 23.9 Å². The number of methoxy groups -OCH3 is 1. The highest BCUT2D eigenvalue weighted by molar-refractivity contribution is 5.88. The number of hydrogen-bond acceptors (Lipinski definition) is 5. The topological polar surface area (TPSA) is 76.1 Å². The van der Waals surface area contributed by atoms with Crippen LogP contribution in [0.5, 0.6) is 5.88 Å². The van der Waals surface area contributed by atoms with Crippen LogP contribution in [0.2, 0.25) is 0 Å². The molecule has 2 N–H and O–H groups in total. The van der Waals surface area contributed by atoms with Gasteiger partial charge >= 0.3 is 0 Å². The zero-order valence-corrected chi connectivity index (χ0v) is 11.0. The zero-order chi connectivity index (χ0) is 13.5. The summed E-state index contributed by atoms with van der Waals surface area (Å²) >= 11 is 0. The van der Waals surface area contributed by atoms with Gasteiger partial charge in [-0.15, -0.1) is 0 Å². The summed E-state index contributed by atoms with van der Waals surface area (Å²) in [6, 6.07) is 1.64. The van der Waals surface area contributed by atoms with Crippen molar-refractivity contribution in [2.24, 2.45) is 0 Å². The van der Waals surface area contributed by atoms with Gasteiger partial charge in [-0.05, 0) is 25.7 Å². The lowest BCUT2D eigenvalue weighted by molar-refractivity contribution is -0.116. The number of rotatable bonds is 4. The van der Waals surface area contributed by atoms with Crippen molar-refractivity contribution in [3.63, 3.8) is 0 Å². The number of anilines is 1. The largest absolute Gasteiger partial charge is 0.481 e. The molecule has 1 fully saturated rings. The molecule has 0 unspecified atom stereocenters. The Morgan fingerprint density at radius 2 is 2.16 bits per heavy atom. The Kier molecular flexibility index (Phi) is 4.72. The maximum atomic E-state index is 11.7. The quantitative estimate of drug-likeness (QED) is 0.639. The lowest BCUT2D eigenvalue weighted by atomic mass is 9.95. The zero-order valence-electron chi connectivity index (χ0n) is 11.0. The second kappa shape index (κ2) is 6.72. The third kappa shape index (κ3) is 4.24. The first-order valence-corrected chi connectivity index (χ1v) is 6.40. The van der Waals surface area contributed by atoms with Crippen LogP contribution in [0.25, 0.3) is 0 Å². The maximum Gasteiger partial charge on any atom is 0.262 e. The Bertz CT molecular complexity index is 465. The van der Waals surface area contributed by atoms with Gasteiger partial charge in [-0.2, -0.15) is 4.98 Å². The van der Waals surface area contributed by atoms with Crippen LogP contribution in [-0.2, 0) is 4.79 Å². The highest BCUT2D eigenvalue weighted by Crippen LogP contribution is 2.22. The summed E-state index contributed by atoms with van der Waals surface area (Å²) in [6.07, 6.45) is 8.85. The Morgan fingerprint density at radius 3 is 2.89 bits per heavy atom. The monoisotopic (exact) mass is 262 g/mol. The molecule has 6 heteroatoms. The van der Waals surface area contributed by atoms with Crippen molar-refractivity contribution in [2.75, 3.05) is 12.5 Å². The van der Waals surface area contributed by atoms with Crippen molar-refractivity contribution < 1.29 is 9.53 Å². The van der Waals surface area contributed by atoms with Crippen molar-refractivity contribution in [3.8, 4) is 5.88 Å². The average molecular weight is 262 g/mol. The summed E-state index contributed by atoms with van der Waals surface area (Å²) < 4.78 is 4.97. The lowest BCUT2D eigenvalue weighted by Gasteiger charge is -2.13. The number of amides is 1. The molecule has 1 aliphatic carbocycles. The van der Waals surface area contributed by atoms with Gasteiger partial charge in [0.25, 0.3) is 5.91 Å². The second-order valence-electron chi connectivity index (χ2n) is 4.40. The minimum absolute atomic E-state index is 0.177. The molecule has 0 aliphatic heterocycles. The van der Waals surface area contributed by atoms with Crippen molar-refractivity contribution in [1.29, 1.82) is 0 Å². The minimum atomic E-state index is -0.177. The van der Waals surface area contributed by atoms with Gasteiger partial charge in [0.1, 0.15) is 0 Å². The fraction of sp³-hybridized carbons (Fsp3) is 0.462. The minimum Gasteiger partial charge on any atom is -0.481 e. The third-order valence-electron chi connectivity index (χ3n) is 2.97. The first-order chi connectivity index (χ1) is 9.28. The summed E-state index contributed by atoms with van der Waals surface area (Å²) in [5.41, 5.74) is 6.42. The fourth-order valence-electron chi connectivity index (χ4n) is 2.01. The molecule has 1 amide bonds. The molecule has 6 nitrogen and oxygen atoms in total. The summed E-state index contributed by atoms with van der Waals surface area (Å²) in [6.45, 7) is 0. The van der Waals surface area contributed by atoms with E-state index in [2.05, 4.69) is 20.8 Å². The Labute approximate surface area is 112 Å². The SMILES string of the molecule is COc1ccnc(NNC(=O)C=C2CCCCC2)n1. The van der Waals surface area contributed by atoms with Gasteiger partial charge in [0.2, 0.25) is 11.8 Å². The van der Waals surface area contributed by atoms with Gasteiger partial charge in [-0.3, -0.25) is 15.6 Å². The molecule has 0 saturated heterocycles. The van der Waals surface area contributed by atoms with Gasteiger partial charge in [0.05, 0.1) is 7.11 Å². The van der Waals surface area contributed by atoms with E-state index < -0.39 is 0 Å². The van der Waals surface area contributed by atoms with E-state index in [0.717, 1.165) is 12.8 Å². The van der Waals surface area contributed by atoms with E-state index in [1.807, 2.05) is 0 Å². The Balaban J connectivity index is 1.85. The molecule has 1 aromatic heterocycles. The van der Waals surface area contributed by atoms with Crippen LogP contribution in [0.1, 0.15) is 32.1 Å². The predicted molar refractivity (Wildman–Crippen MR) is 71.5 cm³/mol. The third-order valence-corrected chi connectivity index (χ3v) is 2.97. The van der Waals surface area contributed by atoms with Gasteiger partial charge in [-0.25, -0.2) is 4.98 Å². The standard InChI is InChI=1S/C13H18N4O2/c1-19-12-7-8-14-13(15-12)17-16-11(18)9-10-5-3-2-4-6-10/h7-9H,2-6H2,1H3,(H,16,18)(H,14,15,17). The molecule has 1 saturated carbocycles. The van der Waals surface area contributed by atoms with Crippen LogP contribution in [0.3, 0.4) is 0 Å². The molecule has 1 aliphatic rings. The van der Waals surface area contributed by atoms with Gasteiger partial charge in [0.15, 0.2) is 0 Å². The summed E-state index contributed by atoms with van der Waals surface area (Å²) in [4.78, 5) is 19.7. The van der Waals surface area contributed by atoms with Gasteiger partial charge < -0.3 is 4.74 Å². The van der Waals surface area contributed by atoms with Crippen LogP contribution in [0, 0.1) is 0 Å². The highest BCUT2D eigenvalue weighted by atomic mass is 16.5. The number of hydrogen-bond donors (Lipinski definition) is 2. The molecular weight excluding hydrogens is 244 g/mol. The van der Waals surface area contributed by atoms with E-state index in [4.69, 9.17) is 4.74 Å². The lowest BCUT2D eigenvalue weighted by Crippen LogP contribution is -2.29. The molecule has 0 aromatic carbocycles. The molecular formula is C13H18N4O2. The smallest absolute Gasteiger partial charge is 0.262 e. The van der Waals surface area contributed by atoms with E-state index in [1.165, 1.54) is 31.9 Å². The van der Waals surface area contributed by atoms with Crippen LogP contribution >= 0.6 is 0 Å². The number of carbonyl (C=O) groups is 1. The maximum absolute atomic E-state index is 11.7. The van der Waals surface area contributed by atoms with Crippen LogP contribution in [0.4, 0.5) is 5.95 Å². The number of hydrazine groups is 1. The van der Waals surface area contributed by atoms with E-state index >= 15 is 0 Å². The first-order valence-electron chi connectivity index (χ1n) is 6.40. The van der Waals surface area contributed by atoms with E-state index in [9.17, 15) is 4.79 Å². The van der Waals surface area contributed by atoms with Crippen LogP contribution in [0.15, 0.2) is 23.9 Å². The van der Waals surface area contributed by atoms with Gasteiger partial charge in [0, 0.05) is 18.3 Å². The fourth-order valence-corrected chi connectivity index (χ4v) is 2.01. The molecule has 0 spiro atoms. The predicted octanol–water partition coefficient (Wildman–Crippen LogP) is 1.82. The summed E-state index contributed by atoms with van der Waals surface area (Å²) in [5, 5.41) is 0. The number of nitrogens with zero attached hydrogens (tertiary/aromatic N) is 2. The van der Waals surface area contributed by atoms with E-state index in [0.29, 0.717) is 11.8 Å². The molecule has 0 bridgehead atoms. The molecule has 1 aromatic rings. The average Bonchev–Trinajstić information content (AvgIpc) is 2.46. The number of nitrogens with one attached hydrogen (secondary N) is 2. The van der Waals surface area contributed by atoms with Gasteiger partial charge in [-0.1, -0.05) is 12.0 Å². The summed E-state index contributed by atoms with van der Waals surface area (Å²) in [7, 11) is 1.53. The molecule has 19 heavy (non-hydrogen) atoms. The molecule has 102 valence electrons. The normalized spacial score (nSPS) is 14.7. The number of aromatic nitrogens is 2. The van der Waals surface area contributed by atoms with E-state index in [1.54, 1.807) is 18.3 Å². The first kappa shape index (κ1) is 13.3.